The van der Waals surface area contributed by atoms with Gasteiger partial charge in [-0.1, -0.05) is 25.8 Å². The summed E-state index contributed by atoms with van der Waals surface area (Å²) in [4.78, 5) is 39.3. The predicted octanol–water partition coefficient (Wildman–Crippen LogP) is 2.36. The Morgan fingerprint density at radius 3 is 2.31 bits per heavy atom. The molecular formula is C20H27N3O3. The van der Waals surface area contributed by atoms with Gasteiger partial charge >= 0.3 is 0 Å². The van der Waals surface area contributed by atoms with E-state index in [0.29, 0.717) is 11.3 Å². The zero-order valence-electron chi connectivity index (χ0n) is 15.5. The zero-order chi connectivity index (χ0) is 19.1. The summed E-state index contributed by atoms with van der Waals surface area (Å²) < 4.78 is 0. The average molecular weight is 357 g/mol. The highest BCUT2D eigenvalue weighted by Crippen LogP contribution is 2.21. The van der Waals surface area contributed by atoms with Crippen molar-refractivity contribution in [1.82, 2.24) is 10.2 Å². The molecule has 3 amide bonds. The molecule has 0 aliphatic heterocycles. The lowest BCUT2D eigenvalue weighted by Gasteiger charge is -2.31. The molecule has 1 aliphatic carbocycles. The lowest BCUT2D eigenvalue weighted by molar-refractivity contribution is -0.131. The molecule has 1 aromatic rings. The van der Waals surface area contributed by atoms with Crippen molar-refractivity contribution in [1.29, 1.82) is 0 Å². The van der Waals surface area contributed by atoms with E-state index < -0.39 is 0 Å². The van der Waals surface area contributed by atoms with Gasteiger partial charge in [-0.25, -0.2) is 0 Å². The highest BCUT2D eigenvalue weighted by atomic mass is 16.2. The summed E-state index contributed by atoms with van der Waals surface area (Å²) in [5.74, 6) is -0.601. The molecule has 1 aromatic carbocycles. The maximum Gasteiger partial charge on any atom is 0.251 e. The molecule has 0 aromatic heterocycles. The molecule has 1 saturated carbocycles. The Kier molecular flexibility index (Phi) is 6.95. The van der Waals surface area contributed by atoms with Gasteiger partial charge in [0, 0.05) is 31.4 Å². The van der Waals surface area contributed by atoms with Crippen LogP contribution >= 0.6 is 0 Å². The molecule has 1 fully saturated rings. The van der Waals surface area contributed by atoms with Gasteiger partial charge < -0.3 is 15.1 Å². The van der Waals surface area contributed by atoms with Crippen LogP contribution in [0.2, 0.25) is 0 Å². The fourth-order valence-electron chi connectivity index (χ4n) is 3.16. The molecule has 2 rings (SSSR count). The van der Waals surface area contributed by atoms with Gasteiger partial charge in [-0.15, -0.1) is 0 Å². The summed E-state index contributed by atoms with van der Waals surface area (Å²) in [5.41, 5.74) is 1.11. The van der Waals surface area contributed by atoms with Crippen molar-refractivity contribution in [3.8, 4) is 0 Å². The second-order valence-electron chi connectivity index (χ2n) is 6.63. The predicted molar refractivity (Wildman–Crippen MR) is 102 cm³/mol. The number of nitrogens with one attached hydrogen (secondary N) is 1. The summed E-state index contributed by atoms with van der Waals surface area (Å²) in [6, 6.07) is 6.92. The third-order valence-corrected chi connectivity index (χ3v) is 4.94. The number of likely N-dealkylation sites (N-methyl/N-ethyl adjacent to an activating group) is 2. The molecule has 6 nitrogen and oxygen atoms in total. The van der Waals surface area contributed by atoms with Gasteiger partial charge in [-0.2, -0.15) is 0 Å². The van der Waals surface area contributed by atoms with Crippen LogP contribution in [0.15, 0.2) is 36.9 Å². The Labute approximate surface area is 154 Å². The van der Waals surface area contributed by atoms with E-state index >= 15 is 0 Å². The molecule has 1 aliphatic rings. The Morgan fingerprint density at radius 1 is 1.12 bits per heavy atom. The van der Waals surface area contributed by atoms with E-state index in [4.69, 9.17) is 0 Å². The van der Waals surface area contributed by atoms with E-state index in [1.165, 1.54) is 17.4 Å². The molecule has 0 radical (unpaired) electrons. The third kappa shape index (κ3) is 4.94. The topological polar surface area (TPSA) is 69.7 Å². The minimum atomic E-state index is -0.306. The van der Waals surface area contributed by atoms with Gasteiger partial charge in [-0.3, -0.25) is 14.4 Å². The SMILES string of the molecule is C=CC(=O)N(C)c1ccc(C(=O)NCC(=O)N(C)C2CCCCC2)cc1. The van der Waals surface area contributed by atoms with Crippen molar-refractivity contribution in [2.45, 2.75) is 38.1 Å². The van der Waals surface area contributed by atoms with Gasteiger partial charge in [0.15, 0.2) is 0 Å². The first-order valence-electron chi connectivity index (χ1n) is 8.98. The normalized spacial score (nSPS) is 14.4. The zero-order valence-corrected chi connectivity index (χ0v) is 15.5. The standard InChI is InChI=1S/C20H27N3O3/c1-4-18(24)22(2)17-12-10-15(11-13-17)20(26)21-14-19(25)23(3)16-8-6-5-7-9-16/h4,10-13,16H,1,5-9,14H2,2-3H3,(H,21,26). The number of benzene rings is 1. The van der Waals surface area contributed by atoms with Gasteiger partial charge in [0.1, 0.15) is 0 Å². The number of carbonyl (C=O) groups excluding carboxylic acids is 3. The number of nitrogens with zero attached hydrogens (tertiary/aromatic N) is 2. The van der Waals surface area contributed by atoms with E-state index in [2.05, 4.69) is 11.9 Å². The van der Waals surface area contributed by atoms with Gasteiger partial charge in [0.05, 0.1) is 6.54 Å². The van der Waals surface area contributed by atoms with Crippen LogP contribution in [-0.2, 0) is 9.59 Å². The fourth-order valence-corrected chi connectivity index (χ4v) is 3.16. The van der Waals surface area contributed by atoms with Crippen LogP contribution in [0.25, 0.3) is 0 Å². The number of rotatable bonds is 6. The van der Waals surface area contributed by atoms with Crippen molar-refractivity contribution < 1.29 is 14.4 Å². The molecule has 140 valence electrons. The number of hydrogen-bond acceptors (Lipinski definition) is 3. The molecule has 6 heteroatoms. The third-order valence-electron chi connectivity index (χ3n) is 4.94. The van der Waals surface area contributed by atoms with E-state index in [1.54, 1.807) is 36.2 Å². The molecule has 0 unspecified atom stereocenters. The summed E-state index contributed by atoms with van der Waals surface area (Å²) in [6.45, 7) is 3.44. The quantitative estimate of drug-likeness (QED) is 0.795. The summed E-state index contributed by atoms with van der Waals surface area (Å²) >= 11 is 0. The van der Waals surface area contributed by atoms with E-state index in [-0.39, 0.29) is 30.3 Å². The molecule has 1 N–H and O–H groups in total. The Hall–Kier alpha value is -2.63. The second-order valence-corrected chi connectivity index (χ2v) is 6.63. The van der Waals surface area contributed by atoms with Crippen molar-refractivity contribution >= 4 is 23.4 Å². The van der Waals surface area contributed by atoms with E-state index in [1.807, 2.05) is 7.05 Å². The number of amides is 3. The van der Waals surface area contributed by atoms with E-state index in [0.717, 1.165) is 25.7 Å². The van der Waals surface area contributed by atoms with Crippen LogP contribution in [0, 0.1) is 0 Å². The molecule has 0 heterocycles. The molecule has 0 atom stereocenters. The van der Waals surface area contributed by atoms with Crippen LogP contribution in [0.1, 0.15) is 42.5 Å². The van der Waals surface area contributed by atoms with Crippen molar-refractivity contribution in [2.75, 3.05) is 25.5 Å². The first kappa shape index (κ1) is 19.7. The van der Waals surface area contributed by atoms with Crippen molar-refractivity contribution in [2.24, 2.45) is 0 Å². The maximum atomic E-state index is 12.3. The molecule has 0 spiro atoms. The van der Waals surface area contributed by atoms with Crippen molar-refractivity contribution in [3.63, 3.8) is 0 Å². The highest BCUT2D eigenvalue weighted by molar-refractivity contribution is 6.01. The van der Waals surface area contributed by atoms with Crippen LogP contribution in [-0.4, -0.2) is 49.3 Å². The fraction of sp³-hybridized carbons (Fsp3) is 0.450. The Morgan fingerprint density at radius 2 is 1.73 bits per heavy atom. The maximum absolute atomic E-state index is 12.3. The van der Waals surface area contributed by atoms with Gasteiger partial charge in [0.25, 0.3) is 5.91 Å². The number of hydrogen-bond donors (Lipinski definition) is 1. The van der Waals surface area contributed by atoms with Gasteiger partial charge in [-0.05, 0) is 43.2 Å². The summed E-state index contributed by atoms with van der Waals surface area (Å²) in [5, 5.41) is 2.67. The van der Waals surface area contributed by atoms with E-state index in [9.17, 15) is 14.4 Å². The van der Waals surface area contributed by atoms with Crippen LogP contribution < -0.4 is 10.2 Å². The minimum Gasteiger partial charge on any atom is -0.343 e. The Bertz CT molecular complexity index is 663. The first-order chi connectivity index (χ1) is 12.4. The first-order valence-corrected chi connectivity index (χ1v) is 8.98. The van der Waals surface area contributed by atoms with Gasteiger partial charge in [0.2, 0.25) is 11.8 Å². The minimum absolute atomic E-state index is 0.0115. The van der Waals surface area contributed by atoms with Crippen LogP contribution in [0.5, 0.6) is 0 Å². The number of anilines is 1. The average Bonchev–Trinajstić information content (AvgIpc) is 2.70. The lowest BCUT2D eigenvalue weighted by atomic mass is 9.94. The molecular weight excluding hydrogens is 330 g/mol. The molecule has 0 bridgehead atoms. The van der Waals surface area contributed by atoms with Crippen LogP contribution in [0.3, 0.4) is 0 Å². The Balaban J connectivity index is 1.88. The molecule has 0 saturated heterocycles. The highest BCUT2D eigenvalue weighted by Gasteiger charge is 2.22. The largest absolute Gasteiger partial charge is 0.343 e. The second kappa shape index (κ2) is 9.17. The number of carbonyl (C=O) groups is 3. The summed E-state index contributed by atoms with van der Waals surface area (Å²) in [6.07, 6.45) is 6.85. The lowest BCUT2D eigenvalue weighted by Crippen LogP contribution is -2.44. The molecule has 26 heavy (non-hydrogen) atoms. The monoisotopic (exact) mass is 357 g/mol. The van der Waals surface area contributed by atoms with Crippen LogP contribution in [0.4, 0.5) is 5.69 Å². The summed E-state index contributed by atoms with van der Waals surface area (Å²) in [7, 11) is 3.45. The smallest absolute Gasteiger partial charge is 0.251 e. The van der Waals surface area contributed by atoms with Crippen molar-refractivity contribution in [3.05, 3.63) is 42.5 Å².